The van der Waals surface area contributed by atoms with E-state index in [1.54, 1.807) is 18.9 Å². The topological polar surface area (TPSA) is 37.4 Å². The Balaban J connectivity index is 2.07. The number of para-hydroxylation sites is 1. The maximum Gasteiger partial charge on any atom is 0.242 e. The van der Waals surface area contributed by atoms with Crippen molar-refractivity contribution in [2.75, 3.05) is 11.9 Å². The summed E-state index contributed by atoms with van der Waals surface area (Å²) in [6.07, 6.45) is 0. The SMILES string of the molecule is Cc1ccccc1CS(=O)C(C)C(=O)N(C)c1ccccc1. The predicted molar refractivity (Wildman–Crippen MR) is 92.3 cm³/mol. The molecule has 2 rings (SSSR count). The van der Waals surface area contributed by atoms with Crippen LogP contribution in [0.4, 0.5) is 5.69 Å². The summed E-state index contributed by atoms with van der Waals surface area (Å²) in [6.45, 7) is 3.73. The maximum absolute atomic E-state index is 12.5. The van der Waals surface area contributed by atoms with Gasteiger partial charge in [-0.3, -0.25) is 9.00 Å². The number of carbonyl (C=O) groups is 1. The van der Waals surface area contributed by atoms with Gasteiger partial charge in [0.15, 0.2) is 0 Å². The summed E-state index contributed by atoms with van der Waals surface area (Å²) in [5.41, 5.74) is 2.95. The first-order valence-corrected chi connectivity index (χ1v) is 8.63. The van der Waals surface area contributed by atoms with Crippen LogP contribution in [0.2, 0.25) is 0 Å². The highest BCUT2D eigenvalue weighted by Crippen LogP contribution is 2.16. The summed E-state index contributed by atoms with van der Waals surface area (Å²) >= 11 is 0. The van der Waals surface area contributed by atoms with Crippen molar-refractivity contribution in [2.24, 2.45) is 0 Å². The number of anilines is 1. The highest BCUT2D eigenvalue weighted by atomic mass is 32.2. The fraction of sp³-hybridized carbons (Fsp3) is 0.278. The van der Waals surface area contributed by atoms with Gasteiger partial charge in [0.1, 0.15) is 5.25 Å². The zero-order valence-electron chi connectivity index (χ0n) is 13.2. The van der Waals surface area contributed by atoms with Crippen LogP contribution >= 0.6 is 0 Å². The van der Waals surface area contributed by atoms with Gasteiger partial charge in [0.2, 0.25) is 5.91 Å². The van der Waals surface area contributed by atoms with E-state index >= 15 is 0 Å². The molecule has 4 heteroatoms. The molecule has 0 N–H and O–H groups in total. The van der Waals surface area contributed by atoms with Crippen molar-refractivity contribution in [2.45, 2.75) is 24.9 Å². The van der Waals surface area contributed by atoms with Crippen LogP contribution in [0, 0.1) is 6.92 Å². The normalized spacial score (nSPS) is 13.4. The lowest BCUT2D eigenvalue weighted by Crippen LogP contribution is -2.37. The first-order chi connectivity index (χ1) is 10.5. The molecule has 0 radical (unpaired) electrons. The minimum Gasteiger partial charge on any atom is -0.314 e. The predicted octanol–water partition coefficient (Wildman–Crippen LogP) is 3.30. The summed E-state index contributed by atoms with van der Waals surface area (Å²) in [5.74, 6) is 0.278. The van der Waals surface area contributed by atoms with Gasteiger partial charge in [-0.2, -0.15) is 0 Å². The Kier molecular flexibility index (Phi) is 5.50. The van der Waals surface area contributed by atoms with Crippen molar-refractivity contribution in [3.05, 3.63) is 65.7 Å². The number of nitrogens with zero attached hydrogens (tertiary/aromatic N) is 1. The van der Waals surface area contributed by atoms with Crippen molar-refractivity contribution >= 4 is 22.4 Å². The summed E-state index contributed by atoms with van der Waals surface area (Å²) in [7, 11) is 0.480. The molecule has 0 aliphatic heterocycles. The maximum atomic E-state index is 12.5. The van der Waals surface area contributed by atoms with Crippen LogP contribution < -0.4 is 4.90 Å². The number of carbonyl (C=O) groups excluding carboxylic acids is 1. The molecule has 0 fully saturated rings. The lowest BCUT2D eigenvalue weighted by atomic mass is 10.1. The molecule has 0 aliphatic carbocycles. The van der Waals surface area contributed by atoms with Crippen LogP contribution in [0.5, 0.6) is 0 Å². The largest absolute Gasteiger partial charge is 0.314 e. The van der Waals surface area contributed by atoms with Gasteiger partial charge in [0.05, 0.1) is 0 Å². The van der Waals surface area contributed by atoms with Crippen molar-refractivity contribution in [3.63, 3.8) is 0 Å². The highest BCUT2D eigenvalue weighted by Gasteiger charge is 2.24. The number of amides is 1. The minimum absolute atomic E-state index is 0.127. The first kappa shape index (κ1) is 16.4. The van der Waals surface area contributed by atoms with E-state index in [2.05, 4.69) is 0 Å². The Morgan fingerprint density at radius 1 is 1.09 bits per heavy atom. The third-order valence-electron chi connectivity index (χ3n) is 3.78. The number of benzene rings is 2. The van der Waals surface area contributed by atoms with Gasteiger partial charge in [-0.05, 0) is 37.1 Å². The van der Waals surface area contributed by atoms with E-state index in [4.69, 9.17) is 0 Å². The van der Waals surface area contributed by atoms with Gasteiger partial charge in [-0.25, -0.2) is 0 Å². The molecule has 0 aliphatic rings. The van der Waals surface area contributed by atoms with Gasteiger partial charge in [-0.1, -0.05) is 42.5 Å². The summed E-state index contributed by atoms with van der Waals surface area (Å²) < 4.78 is 12.5. The smallest absolute Gasteiger partial charge is 0.242 e. The number of hydrogen-bond acceptors (Lipinski definition) is 2. The molecule has 2 unspecified atom stereocenters. The lowest BCUT2D eigenvalue weighted by molar-refractivity contribution is -0.117. The summed E-state index contributed by atoms with van der Waals surface area (Å²) in [6, 6.07) is 17.3. The van der Waals surface area contributed by atoms with Gasteiger partial charge in [0.25, 0.3) is 0 Å². The standard InChI is InChI=1S/C18H21NO2S/c1-14-9-7-8-10-16(14)13-22(21)15(2)18(20)19(3)17-11-5-4-6-12-17/h4-12,15H,13H2,1-3H3. The van der Waals surface area contributed by atoms with E-state index in [1.807, 2.05) is 61.5 Å². The Labute approximate surface area is 134 Å². The lowest BCUT2D eigenvalue weighted by Gasteiger charge is -2.21. The Bertz CT molecular complexity index is 670. The second-order valence-electron chi connectivity index (χ2n) is 5.33. The molecule has 22 heavy (non-hydrogen) atoms. The summed E-state index contributed by atoms with van der Waals surface area (Å²) in [5, 5.41) is -0.537. The van der Waals surface area contributed by atoms with E-state index in [-0.39, 0.29) is 5.91 Å². The van der Waals surface area contributed by atoms with Crippen LogP contribution in [0.15, 0.2) is 54.6 Å². The Morgan fingerprint density at radius 2 is 1.68 bits per heavy atom. The number of aryl methyl sites for hydroxylation is 1. The van der Waals surface area contributed by atoms with Crippen LogP contribution in [0.3, 0.4) is 0 Å². The highest BCUT2D eigenvalue weighted by molar-refractivity contribution is 7.85. The molecule has 0 saturated carbocycles. The fourth-order valence-corrected chi connectivity index (χ4v) is 3.48. The van der Waals surface area contributed by atoms with E-state index < -0.39 is 16.0 Å². The molecule has 2 aromatic carbocycles. The molecule has 2 atom stereocenters. The second-order valence-corrected chi connectivity index (χ2v) is 7.08. The second kappa shape index (κ2) is 7.36. The van der Waals surface area contributed by atoms with Gasteiger partial charge in [0, 0.05) is 29.3 Å². The molecule has 0 bridgehead atoms. The van der Waals surface area contributed by atoms with Crippen LogP contribution in [-0.4, -0.2) is 22.4 Å². The van der Waals surface area contributed by atoms with Gasteiger partial charge in [-0.15, -0.1) is 0 Å². The Hall–Kier alpha value is -1.94. The molecule has 0 spiro atoms. The third kappa shape index (κ3) is 3.83. The van der Waals surface area contributed by atoms with E-state index in [0.717, 1.165) is 16.8 Å². The average molecular weight is 315 g/mol. The molecule has 2 aromatic rings. The molecule has 3 nitrogen and oxygen atoms in total. The zero-order valence-corrected chi connectivity index (χ0v) is 14.0. The number of hydrogen-bond donors (Lipinski definition) is 0. The van der Waals surface area contributed by atoms with Crippen molar-refractivity contribution in [3.8, 4) is 0 Å². The molecular weight excluding hydrogens is 294 g/mol. The third-order valence-corrected chi connectivity index (χ3v) is 5.36. The molecule has 0 saturated heterocycles. The molecule has 0 aromatic heterocycles. The molecular formula is C18H21NO2S. The van der Waals surface area contributed by atoms with E-state index in [1.165, 1.54) is 0 Å². The molecule has 1 amide bonds. The van der Waals surface area contributed by atoms with Crippen LogP contribution in [0.25, 0.3) is 0 Å². The van der Waals surface area contributed by atoms with Crippen LogP contribution in [0.1, 0.15) is 18.1 Å². The molecule has 0 heterocycles. The Morgan fingerprint density at radius 3 is 2.32 bits per heavy atom. The van der Waals surface area contributed by atoms with Crippen molar-refractivity contribution in [1.29, 1.82) is 0 Å². The van der Waals surface area contributed by atoms with E-state index in [0.29, 0.717) is 5.75 Å². The van der Waals surface area contributed by atoms with Crippen LogP contribution in [-0.2, 0) is 21.3 Å². The monoisotopic (exact) mass is 315 g/mol. The van der Waals surface area contributed by atoms with Gasteiger partial charge >= 0.3 is 0 Å². The number of rotatable bonds is 5. The average Bonchev–Trinajstić information content (AvgIpc) is 2.55. The van der Waals surface area contributed by atoms with Crippen molar-refractivity contribution < 1.29 is 9.00 Å². The zero-order chi connectivity index (χ0) is 16.1. The quantitative estimate of drug-likeness (QED) is 0.849. The molecule has 116 valence electrons. The van der Waals surface area contributed by atoms with E-state index in [9.17, 15) is 9.00 Å². The van der Waals surface area contributed by atoms with Crippen molar-refractivity contribution in [1.82, 2.24) is 0 Å². The van der Waals surface area contributed by atoms with Gasteiger partial charge < -0.3 is 4.90 Å². The fourth-order valence-electron chi connectivity index (χ4n) is 2.21. The summed E-state index contributed by atoms with van der Waals surface area (Å²) in [4.78, 5) is 14.1. The minimum atomic E-state index is -1.24. The first-order valence-electron chi connectivity index (χ1n) is 7.25.